The van der Waals surface area contributed by atoms with Crippen LogP contribution in [0.25, 0.3) is 11.1 Å². The van der Waals surface area contributed by atoms with Crippen molar-refractivity contribution in [2.75, 3.05) is 0 Å². The lowest BCUT2D eigenvalue weighted by molar-refractivity contribution is -0.385. The second-order valence-electron chi connectivity index (χ2n) is 11.9. The first kappa shape index (κ1) is 48.0. The van der Waals surface area contributed by atoms with Gasteiger partial charge in [-0.3, -0.25) is 10.1 Å². The number of aliphatic hydroxyl groups is 1. The molecule has 0 saturated carbocycles. The van der Waals surface area contributed by atoms with E-state index in [2.05, 4.69) is 74.7 Å². The first-order valence-electron chi connectivity index (χ1n) is 18.6. The number of nitro benzene ring substituents is 1. The highest BCUT2D eigenvalue weighted by molar-refractivity contribution is 5.68. The lowest BCUT2D eigenvalue weighted by Crippen LogP contribution is -2.23. The number of aldehydes is 1. The van der Waals surface area contributed by atoms with Gasteiger partial charge in [-0.05, 0) is 90.2 Å². The summed E-state index contributed by atoms with van der Waals surface area (Å²) in [5.74, 6) is 0. The summed E-state index contributed by atoms with van der Waals surface area (Å²) in [4.78, 5) is 22.3. The molecule has 0 heterocycles. The molecular formula is C45H63N3O5. The predicted molar refractivity (Wildman–Crippen MR) is 223 cm³/mol. The Balaban J connectivity index is 0.00000220. The minimum Gasteiger partial charge on any atom is -0.516 e. The quantitative estimate of drug-likeness (QED) is 0.0452. The number of hydrogen-bond acceptors (Lipinski definition) is 7. The molecule has 0 spiro atoms. The van der Waals surface area contributed by atoms with Crippen LogP contribution in [-0.4, -0.2) is 28.5 Å². The predicted octanol–water partition coefficient (Wildman–Crippen LogP) is 10.7. The second kappa shape index (κ2) is 29.5. The standard InChI is InChI=1S/C36H40N2O4.C3H7N.C2H4O.2C2H6/c1-2-9-35(42-26-28-12-7-4-8-13-28)25-32-22-30(17-16-29(32)15-14-27-10-5-3-6-11-27)31-18-19-36(38(40)41)33(23-31)24-34(37)20-21-39;1-3(2)4;1-2-3;2*1-2/h3-8,10-13,16-19,21-23,34-35H,2,9,14-15,20,24-26,37H2,1H3;1,4H2,2H3;2-3H,1H2;2*1-2H3. The van der Waals surface area contributed by atoms with Crippen molar-refractivity contribution in [3.8, 4) is 11.1 Å². The van der Waals surface area contributed by atoms with Crippen LogP contribution in [0, 0.1) is 10.1 Å². The highest BCUT2D eigenvalue weighted by Gasteiger charge is 2.19. The van der Waals surface area contributed by atoms with Gasteiger partial charge in [0.1, 0.15) is 6.29 Å². The third-order valence-corrected chi connectivity index (χ3v) is 7.61. The number of nitrogens with zero attached hydrogens (tertiary/aromatic N) is 1. The van der Waals surface area contributed by atoms with E-state index in [1.54, 1.807) is 19.1 Å². The van der Waals surface area contributed by atoms with Crippen molar-refractivity contribution >= 4 is 12.0 Å². The summed E-state index contributed by atoms with van der Waals surface area (Å²) in [7, 11) is 0. The van der Waals surface area contributed by atoms with Crippen molar-refractivity contribution in [2.24, 2.45) is 11.5 Å². The molecule has 4 aromatic rings. The van der Waals surface area contributed by atoms with Crippen molar-refractivity contribution in [2.45, 2.75) is 105 Å². The number of nitrogens with two attached hydrogens (primary N) is 2. The number of ether oxygens (including phenoxy) is 1. The number of carbonyl (C=O) groups is 1. The van der Waals surface area contributed by atoms with E-state index in [1.807, 2.05) is 58.0 Å². The van der Waals surface area contributed by atoms with Gasteiger partial charge in [0.2, 0.25) is 0 Å². The molecule has 0 bridgehead atoms. The summed E-state index contributed by atoms with van der Waals surface area (Å²) in [5, 5.41) is 19.1. The van der Waals surface area contributed by atoms with Crippen molar-refractivity contribution < 1.29 is 19.6 Å². The molecule has 0 aliphatic rings. The molecule has 288 valence electrons. The lowest BCUT2D eigenvalue weighted by atomic mass is 9.90. The van der Waals surface area contributed by atoms with Crippen LogP contribution >= 0.6 is 0 Å². The molecule has 8 nitrogen and oxygen atoms in total. The molecule has 4 rings (SSSR count). The van der Waals surface area contributed by atoms with Gasteiger partial charge in [0.15, 0.2) is 0 Å². The monoisotopic (exact) mass is 725 g/mol. The van der Waals surface area contributed by atoms with Crippen molar-refractivity contribution in [3.63, 3.8) is 0 Å². The maximum Gasteiger partial charge on any atom is 0.272 e. The molecule has 0 saturated heterocycles. The summed E-state index contributed by atoms with van der Waals surface area (Å²) in [6, 6.07) is 32.0. The van der Waals surface area contributed by atoms with Crippen LogP contribution in [0.1, 0.15) is 88.6 Å². The highest BCUT2D eigenvalue weighted by atomic mass is 16.6. The Kier molecular flexibility index (Phi) is 26.7. The number of carbonyl (C=O) groups excluding carboxylic acids is 1. The van der Waals surface area contributed by atoms with E-state index in [1.165, 1.54) is 16.7 Å². The van der Waals surface area contributed by atoms with E-state index < -0.39 is 6.04 Å². The van der Waals surface area contributed by atoms with E-state index in [0.717, 1.165) is 61.3 Å². The summed E-state index contributed by atoms with van der Waals surface area (Å²) in [6.45, 7) is 18.7. The van der Waals surface area contributed by atoms with Crippen LogP contribution in [0.15, 0.2) is 122 Å². The number of aliphatic hydroxyl groups excluding tert-OH is 1. The molecule has 0 aliphatic carbocycles. The average Bonchev–Trinajstić information content (AvgIpc) is 3.16. The molecule has 2 atom stereocenters. The van der Waals surface area contributed by atoms with Gasteiger partial charge in [0.05, 0.1) is 23.9 Å². The number of hydrogen-bond donors (Lipinski definition) is 3. The molecule has 0 radical (unpaired) electrons. The molecule has 8 heteroatoms. The first-order valence-corrected chi connectivity index (χ1v) is 18.6. The Hall–Kier alpha value is -5.05. The molecule has 0 aliphatic heterocycles. The van der Waals surface area contributed by atoms with Crippen molar-refractivity contribution in [1.82, 2.24) is 0 Å². The van der Waals surface area contributed by atoms with Gasteiger partial charge in [-0.25, -0.2) is 0 Å². The normalized spacial score (nSPS) is 10.8. The SMILES string of the molecule is C=C(C)N.C=CO.CC.CC.CCCC(Cc1cc(-c2ccc([N+](=O)[O-])c(CC(N)CC=O)c2)ccc1CCc1ccccc1)OCc1ccccc1. The first-order chi connectivity index (χ1) is 25.6. The number of aryl methyl sites for hydroxylation is 2. The fourth-order valence-corrected chi connectivity index (χ4v) is 5.36. The fourth-order valence-electron chi connectivity index (χ4n) is 5.36. The van der Waals surface area contributed by atoms with E-state index in [0.29, 0.717) is 17.9 Å². The molecule has 4 aromatic carbocycles. The second-order valence-corrected chi connectivity index (χ2v) is 11.9. The van der Waals surface area contributed by atoms with Gasteiger partial charge in [-0.1, -0.05) is 133 Å². The highest BCUT2D eigenvalue weighted by Crippen LogP contribution is 2.30. The summed E-state index contributed by atoms with van der Waals surface area (Å²) in [6.07, 6.45) is 6.58. The molecule has 2 unspecified atom stereocenters. The van der Waals surface area contributed by atoms with Gasteiger partial charge in [-0.15, -0.1) is 0 Å². The smallest absolute Gasteiger partial charge is 0.272 e. The Morgan fingerprint density at radius 3 is 1.87 bits per heavy atom. The minimum atomic E-state index is -0.469. The van der Waals surface area contributed by atoms with E-state index in [-0.39, 0.29) is 29.6 Å². The Morgan fingerprint density at radius 1 is 0.849 bits per heavy atom. The zero-order valence-electron chi connectivity index (χ0n) is 32.8. The van der Waals surface area contributed by atoms with Gasteiger partial charge in [0.25, 0.3) is 5.69 Å². The zero-order chi connectivity index (χ0) is 40.0. The van der Waals surface area contributed by atoms with Crippen LogP contribution in [0.5, 0.6) is 0 Å². The van der Waals surface area contributed by atoms with Crippen LogP contribution in [0.2, 0.25) is 0 Å². The van der Waals surface area contributed by atoms with Gasteiger partial charge >= 0.3 is 0 Å². The fraction of sp³-hybridized carbons (Fsp3) is 0.356. The van der Waals surface area contributed by atoms with Gasteiger partial charge in [0, 0.05) is 24.1 Å². The number of allylic oxidation sites excluding steroid dienone is 1. The molecular weight excluding hydrogens is 663 g/mol. The van der Waals surface area contributed by atoms with Crippen LogP contribution in [-0.2, 0) is 41.8 Å². The third-order valence-electron chi connectivity index (χ3n) is 7.61. The molecule has 0 fully saturated rings. The largest absolute Gasteiger partial charge is 0.516 e. The molecule has 53 heavy (non-hydrogen) atoms. The topological polar surface area (TPSA) is 142 Å². The maximum absolute atomic E-state index is 11.7. The van der Waals surface area contributed by atoms with Crippen molar-refractivity contribution in [1.29, 1.82) is 0 Å². The summed E-state index contributed by atoms with van der Waals surface area (Å²) >= 11 is 0. The Bertz CT molecular complexity index is 1590. The van der Waals surface area contributed by atoms with Gasteiger partial charge < -0.3 is 26.1 Å². The molecule has 0 aromatic heterocycles. The third kappa shape index (κ3) is 20.0. The van der Waals surface area contributed by atoms with Crippen LogP contribution in [0.4, 0.5) is 5.69 Å². The van der Waals surface area contributed by atoms with Crippen molar-refractivity contribution in [3.05, 3.63) is 160 Å². The number of benzene rings is 4. The van der Waals surface area contributed by atoms with Gasteiger partial charge in [-0.2, -0.15) is 0 Å². The van der Waals surface area contributed by atoms with E-state index in [9.17, 15) is 14.9 Å². The Labute approximate surface area is 318 Å². The zero-order valence-corrected chi connectivity index (χ0v) is 32.8. The lowest BCUT2D eigenvalue weighted by Gasteiger charge is -2.21. The van der Waals surface area contributed by atoms with Crippen LogP contribution < -0.4 is 11.5 Å². The Morgan fingerprint density at radius 2 is 1.36 bits per heavy atom. The molecule has 0 amide bonds. The molecule has 5 N–H and O–H groups in total. The maximum atomic E-state index is 11.7. The summed E-state index contributed by atoms with van der Waals surface area (Å²) in [5.41, 5.74) is 19.1. The van der Waals surface area contributed by atoms with E-state index >= 15 is 0 Å². The average molecular weight is 726 g/mol. The van der Waals surface area contributed by atoms with Crippen LogP contribution in [0.3, 0.4) is 0 Å². The number of nitro groups is 1. The van der Waals surface area contributed by atoms with E-state index in [4.69, 9.17) is 21.3 Å². The summed E-state index contributed by atoms with van der Waals surface area (Å²) < 4.78 is 6.45. The number of rotatable bonds is 16. The minimum absolute atomic E-state index is 0.0251.